The molecule has 0 amide bonds. The predicted molar refractivity (Wildman–Crippen MR) is 46.7 cm³/mol. The Morgan fingerprint density at radius 2 is 2.25 bits per heavy atom. The molecule has 1 aliphatic carbocycles. The van der Waals surface area contributed by atoms with Crippen LogP contribution in [0.25, 0.3) is 0 Å². The van der Waals surface area contributed by atoms with Crippen LogP contribution in [0.4, 0.5) is 0 Å². The number of oxime groups is 1. The number of aliphatic hydroxyl groups excluding tert-OH is 1. The van der Waals surface area contributed by atoms with Crippen LogP contribution >= 0.6 is 0 Å². The highest BCUT2D eigenvalue weighted by Crippen LogP contribution is 2.14. The fourth-order valence-electron chi connectivity index (χ4n) is 1.13. The molecule has 0 aromatic heterocycles. The Morgan fingerprint density at radius 3 is 2.83 bits per heavy atom. The van der Waals surface area contributed by atoms with Crippen molar-refractivity contribution in [1.29, 1.82) is 0 Å². The first-order valence-corrected chi connectivity index (χ1v) is 4.41. The fourth-order valence-corrected chi connectivity index (χ4v) is 1.13. The lowest BCUT2D eigenvalue weighted by Gasteiger charge is -2.03. The Bertz CT molecular complexity index is 149. The van der Waals surface area contributed by atoms with E-state index < -0.39 is 6.10 Å². The monoisotopic (exact) mass is 172 g/mol. The van der Waals surface area contributed by atoms with E-state index in [0.29, 0.717) is 6.54 Å². The van der Waals surface area contributed by atoms with E-state index in [9.17, 15) is 0 Å². The van der Waals surface area contributed by atoms with Gasteiger partial charge in [-0.2, -0.15) is 0 Å². The standard InChI is InChI=1S/C8H16N2O2/c1-7(11)6-9-12-10-8-4-2-3-5-8/h7,9,11H,2-6H2,1H3. The molecule has 0 aliphatic heterocycles. The van der Waals surface area contributed by atoms with Crippen LogP contribution in [0, 0.1) is 0 Å². The van der Waals surface area contributed by atoms with Gasteiger partial charge in [0.25, 0.3) is 0 Å². The molecule has 4 heteroatoms. The molecule has 0 spiro atoms. The maximum absolute atomic E-state index is 8.85. The Hall–Kier alpha value is -0.610. The normalized spacial score (nSPS) is 19.3. The molecular weight excluding hydrogens is 156 g/mol. The number of rotatable bonds is 4. The van der Waals surface area contributed by atoms with Crippen molar-refractivity contribution in [3.63, 3.8) is 0 Å². The average molecular weight is 172 g/mol. The van der Waals surface area contributed by atoms with Gasteiger partial charge < -0.3 is 5.11 Å². The van der Waals surface area contributed by atoms with Gasteiger partial charge in [-0.3, -0.25) is 4.94 Å². The zero-order valence-electron chi connectivity index (χ0n) is 7.42. The van der Waals surface area contributed by atoms with Crippen molar-refractivity contribution in [2.24, 2.45) is 5.16 Å². The molecule has 1 rings (SSSR count). The Morgan fingerprint density at radius 1 is 1.58 bits per heavy atom. The summed E-state index contributed by atoms with van der Waals surface area (Å²) in [4.78, 5) is 4.81. The second-order valence-corrected chi connectivity index (χ2v) is 3.15. The van der Waals surface area contributed by atoms with E-state index in [1.54, 1.807) is 6.92 Å². The number of hydrogen-bond donors (Lipinski definition) is 2. The zero-order chi connectivity index (χ0) is 8.81. The highest BCUT2D eigenvalue weighted by Gasteiger charge is 2.08. The van der Waals surface area contributed by atoms with Crippen LogP contribution in [-0.2, 0) is 4.94 Å². The van der Waals surface area contributed by atoms with Crippen molar-refractivity contribution in [1.82, 2.24) is 5.48 Å². The quantitative estimate of drug-likeness (QED) is 0.487. The minimum atomic E-state index is -0.395. The molecule has 1 fully saturated rings. The van der Waals surface area contributed by atoms with Crippen LogP contribution in [-0.4, -0.2) is 23.5 Å². The molecule has 1 unspecified atom stereocenters. The molecule has 0 radical (unpaired) electrons. The average Bonchev–Trinajstić information content (AvgIpc) is 2.49. The van der Waals surface area contributed by atoms with Gasteiger partial charge in [0, 0.05) is 0 Å². The summed E-state index contributed by atoms with van der Waals surface area (Å²) in [6, 6.07) is 0. The first-order valence-electron chi connectivity index (χ1n) is 4.41. The minimum Gasteiger partial charge on any atom is -0.392 e. The Labute approximate surface area is 72.5 Å². The predicted octanol–water partition coefficient (Wildman–Crippen LogP) is 0.818. The van der Waals surface area contributed by atoms with Gasteiger partial charge in [-0.1, -0.05) is 5.16 Å². The molecular formula is C8H16N2O2. The van der Waals surface area contributed by atoms with Gasteiger partial charge in [0.05, 0.1) is 18.4 Å². The van der Waals surface area contributed by atoms with Crippen molar-refractivity contribution >= 4 is 5.71 Å². The maximum Gasteiger partial charge on any atom is 0.0670 e. The van der Waals surface area contributed by atoms with Gasteiger partial charge in [-0.05, 0) is 32.6 Å². The molecule has 4 nitrogen and oxygen atoms in total. The van der Waals surface area contributed by atoms with Crippen molar-refractivity contribution in [2.45, 2.75) is 38.7 Å². The molecule has 70 valence electrons. The summed E-state index contributed by atoms with van der Waals surface area (Å²) < 4.78 is 0. The summed E-state index contributed by atoms with van der Waals surface area (Å²) in [6.07, 6.45) is 4.15. The molecule has 0 heterocycles. The summed E-state index contributed by atoms with van der Waals surface area (Å²) in [6.45, 7) is 2.11. The van der Waals surface area contributed by atoms with E-state index in [4.69, 9.17) is 10.0 Å². The number of nitrogens with one attached hydrogen (secondary N) is 1. The Kier molecular flexibility index (Phi) is 4.04. The third kappa shape index (κ3) is 3.69. The third-order valence-electron chi connectivity index (χ3n) is 1.80. The Balaban J connectivity index is 2.04. The molecule has 12 heavy (non-hydrogen) atoms. The van der Waals surface area contributed by atoms with Crippen LogP contribution in [0.15, 0.2) is 5.16 Å². The molecule has 0 saturated heterocycles. The highest BCUT2D eigenvalue weighted by molar-refractivity contribution is 5.85. The van der Waals surface area contributed by atoms with Crippen molar-refractivity contribution in [3.05, 3.63) is 0 Å². The fraction of sp³-hybridized carbons (Fsp3) is 0.875. The van der Waals surface area contributed by atoms with Gasteiger partial charge in [0.1, 0.15) is 0 Å². The molecule has 0 aromatic rings. The van der Waals surface area contributed by atoms with E-state index in [1.165, 1.54) is 12.8 Å². The molecule has 1 aliphatic rings. The van der Waals surface area contributed by atoms with Gasteiger partial charge >= 0.3 is 0 Å². The maximum atomic E-state index is 8.85. The van der Waals surface area contributed by atoms with Gasteiger partial charge in [-0.15, -0.1) is 5.48 Å². The molecule has 0 aromatic carbocycles. The number of aliphatic hydroxyl groups is 1. The van der Waals surface area contributed by atoms with E-state index in [0.717, 1.165) is 18.6 Å². The van der Waals surface area contributed by atoms with E-state index in [1.807, 2.05) is 0 Å². The van der Waals surface area contributed by atoms with Gasteiger partial charge in [0.15, 0.2) is 0 Å². The van der Waals surface area contributed by atoms with E-state index in [2.05, 4.69) is 10.6 Å². The summed E-state index contributed by atoms with van der Waals surface area (Å²) >= 11 is 0. The second-order valence-electron chi connectivity index (χ2n) is 3.15. The number of nitrogens with zero attached hydrogens (tertiary/aromatic N) is 1. The van der Waals surface area contributed by atoms with Crippen LogP contribution < -0.4 is 5.48 Å². The smallest absolute Gasteiger partial charge is 0.0670 e. The van der Waals surface area contributed by atoms with Crippen LogP contribution in [0.5, 0.6) is 0 Å². The molecule has 1 atom stereocenters. The minimum absolute atomic E-state index is 0.395. The lowest BCUT2D eigenvalue weighted by molar-refractivity contribution is 0.0211. The second kappa shape index (κ2) is 5.11. The lowest BCUT2D eigenvalue weighted by atomic mass is 10.3. The summed E-state index contributed by atoms with van der Waals surface area (Å²) in [5.74, 6) is 0. The van der Waals surface area contributed by atoms with Crippen molar-refractivity contribution in [3.8, 4) is 0 Å². The van der Waals surface area contributed by atoms with Crippen LogP contribution in [0.2, 0.25) is 0 Å². The molecule has 0 bridgehead atoms. The van der Waals surface area contributed by atoms with Crippen LogP contribution in [0.3, 0.4) is 0 Å². The van der Waals surface area contributed by atoms with Gasteiger partial charge in [0.2, 0.25) is 0 Å². The SMILES string of the molecule is CC(O)CNON=C1CCCC1. The molecule has 1 saturated carbocycles. The van der Waals surface area contributed by atoms with Gasteiger partial charge in [-0.25, -0.2) is 0 Å². The molecule has 2 N–H and O–H groups in total. The van der Waals surface area contributed by atoms with E-state index in [-0.39, 0.29) is 0 Å². The lowest BCUT2D eigenvalue weighted by Crippen LogP contribution is -2.23. The number of hydroxylamine groups is 1. The topological polar surface area (TPSA) is 53.8 Å². The number of hydrogen-bond acceptors (Lipinski definition) is 4. The van der Waals surface area contributed by atoms with Crippen LogP contribution in [0.1, 0.15) is 32.6 Å². The summed E-state index contributed by atoms with van der Waals surface area (Å²) in [5, 5.41) is 12.7. The summed E-state index contributed by atoms with van der Waals surface area (Å²) in [5.41, 5.74) is 3.69. The highest BCUT2D eigenvalue weighted by atomic mass is 16.8. The first-order chi connectivity index (χ1) is 5.79. The summed E-state index contributed by atoms with van der Waals surface area (Å²) in [7, 11) is 0. The van der Waals surface area contributed by atoms with Crippen molar-refractivity contribution < 1.29 is 10.0 Å². The largest absolute Gasteiger partial charge is 0.392 e. The first kappa shape index (κ1) is 9.48. The zero-order valence-corrected chi connectivity index (χ0v) is 7.42. The van der Waals surface area contributed by atoms with Crippen molar-refractivity contribution in [2.75, 3.05) is 6.54 Å². The van der Waals surface area contributed by atoms with E-state index >= 15 is 0 Å². The third-order valence-corrected chi connectivity index (χ3v) is 1.80.